The molecule has 20 heavy (non-hydrogen) atoms. The van der Waals surface area contributed by atoms with Crippen LogP contribution in [0.1, 0.15) is 17.3 Å². The van der Waals surface area contributed by atoms with E-state index in [1.807, 2.05) is 37.4 Å². The second-order valence-corrected chi connectivity index (χ2v) is 5.67. The van der Waals surface area contributed by atoms with Gasteiger partial charge in [0, 0.05) is 22.9 Å². The van der Waals surface area contributed by atoms with E-state index in [1.54, 1.807) is 24.0 Å². The second kappa shape index (κ2) is 6.72. The molecule has 0 aliphatic rings. The molecule has 0 bridgehead atoms. The third-order valence-electron chi connectivity index (χ3n) is 3.29. The van der Waals surface area contributed by atoms with Gasteiger partial charge in [0.15, 0.2) is 0 Å². The Kier molecular flexibility index (Phi) is 4.98. The van der Waals surface area contributed by atoms with Crippen molar-refractivity contribution in [2.24, 2.45) is 0 Å². The largest absolute Gasteiger partial charge is 0.395 e. The number of hydrogen-bond acceptors (Lipinski definition) is 4. The molecule has 0 aliphatic heterocycles. The highest BCUT2D eigenvalue weighted by atomic mass is 32.2. The normalized spacial score (nSPS) is 13.9. The average Bonchev–Trinajstić information content (AvgIpc) is 2.47. The number of para-hydroxylation sites is 1. The topological polar surface area (TPSA) is 62.2 Å². The van der Waals surface area contributed by atoms with Crippen LogP contribution < -0.4 is 5.32 Å². The lowest BCUT2D eigenvalue weighted by atomic mass is 10.1. The van der Waals surface area contributed by atoms with Gasteiger partial charge in [0.2, 0.25) is 0 Å². The fraction of sp³-hybridized carbons (Fsp3) is 0.333. The van der Waals surface area contributed by atoms with Gasteiger partial charge in [-0.25, -0.2) is 0 Å². The Balaban J connectivity index is 2.24. The average molecular weight is 290 g/mol. The lowest BCUT2D eigenvalue weighted by Crippen LogP contribution is -2.41. The first kappa shape index (κ1) is 14.8. The SMILES string of the molecule is CSC(CO)C(C)NC(=O)c1ccnc2ccccc12. The summed E-state index contributed by atoms with van der Waals surface area (Å²) >= 11 is 1.54. The molecule has 2 atom stereocenters. The van der Waals surface area contributed by atoms with Crippen LogP contribution in [0.3, 0.4) is 0 Å². The van der Waals surface area contributed by atoms with Gasteiger partial charge in [0.05, 0.1) is 17.7 Å². The molecule has 0 saturated heterocycles. The van der Waals surface area contributed by atoms with Crippen molar-refractivity contribution >= 4 is 28.6 Å². The van der Waals surface area contributed by atoms with Crippen molar-refractivity contribution in [2.45, 2.75) is 18.2 Å². The Morgan fingerprint density at radius 3 is 2.85 bits per heavy atom. The zero-order chi connectivity index (χ0) is 14.5. The van der Waals surface area contributed by atoms with Crippen LogP contribution in [-0.4, -0.2) is 40.2 Å². The van der Waals surface area contributed by atoms with Crippen molar-refractivity contribution in [3.05, 3.63) is 42.1 Å². The van der Waals surface area contributed by atoms with Crippen LogP contribution in [0.4, 0.5) is 0 Å². The molecule has 106 valence electrons. The predicted octanol–water partition coefficient (Wildman–Crippen LogP) is 2.08. The van der Waals surface area contributed by atoms with E-state index in [0.29, 0.717) is 5.56 Å². The molecule has 0 radical (unpaired) electrons. The molecule has 1 amide bonds. The van der Waals surface area contributed by atoms with Gasteiger partial charge < -0.3 is 10.4 Å². The van der Waals surface area contributed by atoms with Crippen LogP contribution in [-0.2, 0) is 0 Å². The maximum absolute atomic E-state index is 12.4. The number of benzene rings is 1. The number of amides is 1. The number of nitrogens with one attached hydrogen (secondary N) is 1. The quantitative estimate of drug-likeness (QED) is 0.885. The minimum absolute atomic E-state index is 0.00736. The Labute approximate surface area is 122 Å². The molecule has 2 unspecified atom stereocenters. The predicted molar refractivity (Wildman–Crippen MR) is 83.1 cm³/mol. The summed E-state index contributed by atoms with van der Waals surface area (Å²) < 4.78 is 0. The van der Waals surface area contributed by atoms with Gasteiger partial charge in [-0.15, -0.1) is 0 Å². The van der Waals surface area contributed by atoms with Crippen molar-refractivity contribution in [1.29, 1.82) is 0 Å². The fourth-order valence-electron chi connectivity index (χ4n) is 2.11. The summed E-state index contributed by atoms with van der Waals surface area (Å²) in [6.45, 7) is 1.94. The molecular weight excluding hydrogens is 272 g/mol. The number of aliphatic hydroxyl groups is 1. The minimum atomic E-state index is -0.136. The molecule has 0 saturated carbocycles. The number of pyridine rings is 1. The number of carbonyl (C=O) groups excluding carboxylic acids is 1. The number of fused-ring (bicyclic) bond motifs is 1. The molecule has 2 rings (SSSR count). The number of hydrogen-bond donors (Lipinski definition) is 2. The standard InChI is InChI=1S/C15H18N2O2S/c1-10(14(9-18)20-2)17-15(19)12-7-8-16-13-6-4-3-5-11(12)13/h3-8,10,14,18H,9H2,1-2H3,(H,17,19). The molecule has 1 heterocycles. The van der Waals surface area contributed by atoms with Crippen LogP contribution in [0, 0.1) is 0 Å². The van der Waals surface area contributed by atoms with Crippen molar-refractivity contribution in [1.82, 2.24) is 10.3 Å². The van der Waals surface area contributed by atoms with Crippen molar-refractivity contribution in [2.75, 3.05) is 12.9 Å². The van der Waals surface area contributed by atoms with Crippen LogP contribution in [0.15, 0.2) is 36.5 Å². The summed E-state index contributed by atoms with van der Waals surface area (Å²) in [5.74, 6) is -0.136. The second-order valence-electron chi connectivity index (χ2n) is 4.59. The number of rotatable bonds is 5. The van der Waals surface area contributed by atoms with E-state index in [0.717, 1.165) is 10.9 Å². The highest BCUT2D eigenvalue weighted by molar-refractivity contribution is 7.99. The van der Waals surface area contributed by atoms with E-state index >= 15 is 0 Å². The van der Waals surface area contributed by atoms with Crippen LogP contribution >= 0.6 is 11.8 Å². The monoisotopic (exact) mass is 290 g/mol. The molecule has 0 fully saturated rings. The maximum Gasteiger partial charge on any atom is 0.252 e. The number of aliphatic hydroxyl groups excluding tert-OH is 1. The Morgan fingerprint density at radius 1 is 1.40 bits per heavy atom. The summed E-state index contributed by atoms with van der Waals surface area (Å²) in [7, 11) is 0. The zero-order valence-corrected chi connectivity index (χ0v) is 12.4. The lowest BCUT2D eigenvalue weighted by molar-refractivity contribution is 0.0937. The summed E-state index contributed by atoms with van der Waals surface area (Å²) in [5, 5.41) is 13.0. The number of carbonyl (C=O) groups is 1. The lowest BCUT2D eigenvalue weighted by Gasteiger charge is -2.21. The van der Waals surface area contributed by atoms with E-state index < -0.39 is 0 Å². The van der Waals surface area contributed by atoms with Crippen LogP contribution in [0.2, 0.25) is 0 Å². The Hall–Kier alpha value is -1.59. The van der Waals surface area contributed by atoms with E-state index in [1.165, 1.54) is 0 Å². The van der Waals surface area contributed by atoms with E-state index in [9.17, 15) is 9.90 Å². The van der Waals surface area contributed by atoms with Gasteiger partial charge in [-0.2, -0.15) is 11.8 Å². The van der Waals surface area contributed by atoms with Crippen molar-refractivity contribution < 1.29 is 9.90 Å². The van der Waals surface area contributed by atoms with Crippen molar-refractivity contribution in [3.63, 3.8) is 0 Å². The molecular formula is C15H18N2O2S. The van der Waals surface area contributed by atoms with Gasteiger partial charge in [-0.3, -0.25) is 9.78 Å². The van der Waals surface area contributed by atoms with Gasteiger partial charge >= 0.3 is 0 Å². The molecule has 2 N–H and O–H groups in total. The number of nitrogens with zero attached hydrogens (tertiary/aromatic N) is 1. The van der Waals surface area contributed by atoms with Gasteiger partial charge in [0.1, 0.15) is 0 Å². The van der Waals surface area contributed by atoms with E-state index in [4.69, 9.17) is 0 Å². The molecule has 1 aromatic heterocycles. The van der Waals surface area contributed by atoms with Gasteiger partial charge in [-0.1, -0.05) is 18.2 Å². The first-order valence-corrected chi connectivity index (χ1v) is 7.74. The summed E-state index contributed by atoms with van der Waals surface area (Å²) in [5.41, 5.74) is 1.41. The highest BCUT2D eigenvalue weighted by Gasteiger charge is 2.19. The summed E-state index contributed by atoms with van der Waals surface area (Å²) in [6, 6.07) is 9.18. The van der Waals surface area contributed by atoms with Gasteiger partial charge in [-0.05, 0) is 25.3 Å². The van der Waals surface area contributed by atoms with Crippen LogP contribution in [0.25, 0.3) is 10.9 Å². The number of thioether (sulfide) groups is 1. The van der Waals surface area contributed by atoms with E-state index in [-0.39, 0.29) is 23.8 Å². The summed E-state index contributed by atoms with van der Waals surface area (Å²) in [4.78, 5) is 16.6. The molecule has 5 heteroatoms. The van der Waals surface area contributed by atoms with Crippen LogP contribution in [0.5, 0.6) is 0 Å². The highest BCUT2D eigenvalue weighted by Crippen LogP contribution is 2.17. The molecule has 0 aliphatic carbocycles. The fourth-order valence-corrected chi connectivity index (χ4v) is 2.73. The first-order valence-electron chi connectivity index (χ1n) is 6.45. The van der Waals surface area contributed by atoms with E-state index in [2.05, 4.69) is 10.3 Å². The molecule has 4 nitrogen and oxygen atoms in total. The molecule has 2 aromatic rings. The van der Waals surface area contributed by atoms with Crippen molar-refractivity contribution in [3.8, 4) is 0 Å². The minimum Gasteiger partial charge on any atom is -0.395 e. The summed E-state index contributed by atoms with van der Waals surface area (Å²) in [6.07, 6.45) is 3.56. The molecule has 1 aromatic carbocycles. The van der Waals surface area contributed by atoms with Gasteiger partial charge in [0.25, 0.3) is 5.91 Å². The third-order valence-corrected chi connectivity index (χ3v) is 4.46. The maximum atomic E-state index is 12.4. The Bertz CT molecular complexity index is 594. The molecule has 0 spiro atoms. The smallest absolute Gasteiger partial charge is 0.252 e. The Morgan fingerprint density at radius 2 is 2.15 bits per heavy atom. The first-order chi connectivity index (χ1) is 9.67. The zero-order valence-electron chi connectivity index (χ0n) is 11.5. The third kappa shape index (κ3) is 3.11. The number of aromatic nitrogens is 1.